The number of ether oxygens (including phenoxy) is 1. The minimum absolute atomic E-state index is 0.289. The molecule has 0 saturated heterocycles. The summed E-state index contributed by atoms with van der Waals surface area (Å²) in [7, 11) is 1.59. The lowest BCUT2D eigenvalue weighted by Gasteiger charge is -2.23. The Bertz CT molecular complexity index is 467. The molecule has 1 N–H and O–H groups in total. The van der Waals surface area contributed by atoms with Gasteiger partial charge in [-0.15, -0.1) is 11.3 Å². The smallest absolute Gasteiger partial charge is 0.223 e. The van der Waals surface area contributed by atoms with Gasteiger partial charge in [0.2, 0.25) is 5.95 Å². The molecule has 5 nitrogen and oxygen atoms in total. The highest BCUT2D eigenvalue weighted by molar-refractivity contribution is 7.09. The summed E-state index contributed by atoms with van der Waals surface area (Å²) >= 11 is 1.60. The van der Waals surface area contributed by atoms with Gasteiger partial charge in [0.05, 0.1) is 25.0 Å². The maximum Gasteiger partial charge on any atom is 0.223 e. The maximum absolute atomic E-state index is 5.01. The summed E-state index contributed by atoms with van der Waals surface area (Å²) in [5.41, 5.74) is -0.289. The summed E-state index contributed by atoms with van der Waals surface area (Å²) in [5.74, 6) is 1.20. The van der Waals surface area contributed by atoms with Crippen LogP contribution in [0.2, 0.25) is 0 Å². The average molecular weight is 250 g/mol. The summed E-state index contributed by atoms with van der Waals surface area (Å²) in [6, 6.07) is 0. The van der Waals surface area contributed by atoms with Crippen LogP contribution in [0.4, 0.5) is 5.95 Å². The Morgan fingerprint density at radius 3 is 2.47 bits per heavy atom. The lowest BCUT2D eigenvalue weighted by molar-refractivity contribution is 0.410. The average Bonchev–Trinajstić information content (AvgIpc) is 2.84. The standard InChI is InChI=1S/C11H14N4OS/c1-11(2,9-12-4-5-17-9)15-10-13-6-8(16-3)7-14-10/h4-7H,1-3H3,(H,13,14,15). The van der Waals surface area contributed by atoms with E-state index in [0.717, 1.165) is 5.01 Å². The third kappa shape index (κ3) is 2.71. The first-order chi connectivity index (χ1) is 8.12. The Labute approximate surface area is 104 Å². The van der Waals surface area contributed by atoms with E-state index in [9.17, 15) is 0 Å². The fourth-order valence-electron chi connectivity index (χ4n) is 1.35. The minimum Gasteiger partial charge on any atom is -0.494 e. The number of methoxy groups -OCH3 is 1. The Kier molecular flexibility index (Phi) is 3.23. The van der Waals surface area contributed by atoms with Crippen LogP contribution in [-0.2, 0) is 5.54 Å². The van der Waals surface area contributed by atoms with Crippen molar-refractivity contribution in [3.63, 3.8) is 0 Å². The van der Waals surface area contributed by atoms with Crippen molar-refractivity contribution in [1.82, 2.24) is 15.0 Å². The Balaban J connectivity index is 2.14. The number of nitrogens with one attached hydrogen (secondary N) is 1. The summed E-state index contributed by atoms with van der Waals surface area (Å²) < 4.78 is 5.01. The van der Waals surface area contributed by atoms with E-state index >= 15 is 0 Å². The van der Waals surface area contributed by atoms with Crippen molar-refractivity contribution in [2.75, 3.05) is 12.4 Å². The van der Waals surface area contributed by atoms with Gasteiger partial charge in [-0.05, 0) is 13.8 Å². The fraction of sp³-hybridized carbons (Fsp3) is 0.364. The van der Waals surface area contributed by atoms with E-state index in [2.05, 4.69) is 20.3 Å². The van der Waals surface area contributed by atoms with Crippen LogP contribution in [0.5, 0.6) is 5.75 Å². The third-order valence-electron chi connectivity index (χ3n) is 2.26. The molecule has 0 fully saturated rings. The van der Waals surface area contributed by atoms with Gasteiger partial charge in [0.15, 0.2) is 5.75 Å². The first-order valence-electron chi connectivity index (χ1n) is 5.16. The highest BCUT2D eigenvalue weighted by atomic mass is 32.1. The van der Waals surface area contributed by atoms with Gasteiger partial charge in [-0.3, -0.25) is 0 Å². The Morgan fingerprint density at radius 1 is 1.24 bits per heavy atom. The van der Waals surface area contributed by atoms with E-state index in [0.29, 0.717) is 11.7 Å². The van der Waals surface area contributed by atoms with Gasteiger partial charge < -0.3 is 10.1 Å². The lowest BCUT2D eigenvalue weighted by Crippen LogP contribution is -2.28. The third-order valence-corrected chi connectivity index (χ3v) is 3.35. The van der Waals surface area contributed by atoms with E-state index < -0.39 is 0 Å². The van der Waals surface area contributed by atoms with Gasteiger partial charge in [0.25, 0.3) is 0 Å². The SMILES string of the molecule is COc1cnc(NC(C)(C)c2nccs2)nc1. The molecule has 2 heterocycles. The lowest BCUT2D eigenvalue weighted by atomic mass is 10.1. The first kappa shape index (κ1) is 11.8. The zero-order valence-electron chi connectivity index (χ0n) is 9.97. The van der Waals surface area contributed by atoms with Crippen LogP contribution in [0, 0.1) is 0 Å². The van der Waals surface area contributed by atoms with Crippen LogP contribution in [0.3, 0.4) is 0 Å². The molecule has 0 spiro atoms. The maximum atomic E-state index is 5.01. The fourth-order valence-corrected chi connectivity index (χ4v) is 2.07. The van der Waals surface area contributed by atoms with Crippen LogP contribution < -0.4 is 10.1 Å². The predicted molar refractivity (Wildman–Crippen MR) is 67.3 cm³/mol. The van der Waals surface area contributed by atoms with Gasteiger partial charge in [-0.25, -0.2) is 15.0 Å². The molecular formula is C11H14N4OS. The van der Waals surface area contributed by atoms with E-state index in [4.69, 9.17) is 4.74 Å². The molecule has 2 aromatic heterocycles. The molecule has 90 valence electrons. The van der Waals surface area contributed by atoms with Gasteiger partial charge in [-0.2, -0.15) is 0 Å². The molecule has 0 unspecified atom stereocenters. The van der Waals surface area contributed by atoms with Crippen molar-refractivity contribution in [2.24, 2.45) is 0 Å². The van der Waals surface area contributed by atoms with Crippen LogP contribution in [0.15, 0.2) is 24.0 Å². The largest absolute Gasteiger partial charge is 0.494 e. The number of thiazole rings is 1. The number of aromatic nitrogens is 3. The molecule has 0 aliphatic carbocycles. The second-order valence-electron chi connectivity index (χ2n) is 4.03. The van der Waals surface area contributed by atoms with Crippen LogP contribution in [0.25, 0.3) is 0 Å². The van der Waals surface area contributed by atoms with Gasteiger partial charge in [-0.1, -0.05) is 0 Å². The molecule has 0 aliphatic heterocycles. The quantitative estimate of drug-likeness (QED) is 0.902. The van der Waals surface area contributed by atoms with Crippen LogP contribution >= 0.6 is 11.3 Å². The van der Waals surface area contributed by atoms with E-state index in [1.165, 1.54) is 0 Å². The van der Waals surface area contributed by atoms with Crippen molar-refractivity contribution in [3.8, 4) is 5.75 Å². The Hall–Kier alpha value is -1.69. The summed E-state index contributed by atoms with van der Waals surface area (Å²) in [5, 5.41) is 6.19. The highest BCUT2D eigenvalue weighted by Crippen LogP contribution is 2.25. The van der Waals surface area contributed by atoms with Crippen LogP contribution in [0.1, 0.15) is 18.9 Å². The molecular weight excluding hydrogens is 236 g/mol. The monoisotopic (exact) mass is 250 g/mol. The second-order valence-corrected chi connectivity index (χ2v) is 4.93. The highest BCUT2D eigenvalue weighted by Gasteiger charge is 2.23. The zero-order valence-corrected chi connectivity index (χ0v) is 10.8. The summed E-state index contributed by atoms with van der Waals surface area (Å²) in [6.07, 6.45) is 5.05. The number of anilines is 1. The number of rotatable bonds is 4. The van der Waals surface area contributed by atoms with Crippen molar-refractivity contribution in [3.05, 3.63) is 29.0 Å². The second kappa shape index (κ2) is 4.67. The van der Waals surface area contributed by atoms with Crippen molar-refractivity contribution in [1.29, 1.82) is 0 Å². The topological polar surface area (TPSA) is 59.9 Å². The van der Waals surface area contributed by atoms with Crippen molar-refractivity contribution in [2.45, 2.75) is 19.4 Å². The number of hydrogen-bond donors (Lipinski definition) is 1. The van der Waals surface area contributed by atoms with E-state index in [1.54, 1.807) is 37.0 Å². The first-order valence-corrected chi connectivity index (χ1v) is 6.04. The molecule has 0 atom stereocenters. The molecule has 0 bridgehead atoms. The number of nitrogens with zero attached hydrogens (tertiary/aromatic N) is 3. The molecule has 0 saturated carbocycles. The van der Waals surface area contributed by atoms with Crippen LogP contribution in [-0.4, -0.2) is 22.1 Å². The molecule has 0 aliphatic rings. The van der Waals surface area contributed by atoms with E-state index in [1.807, 2.05) is 19.2 Å². The number of hydrogen-bond acceptors (Lipinski definition) is 6. The van der Waals surface area contributed by atoms with Gasteiger partial charge >= 0.3 is 0 Å². The molecule has 0 aromatic carbocycles. The molecule has 0 amide bonds. The van der Waals surface area contributed by atoms with E-state index in [-0.39, 0.29) is 5.54 Å². The minimum atomic E-state index is -0.289. The molecule has 6 heteroatoms. The van der Waals surface area contributed by atoms with Crippen molar-refractivity contribution < 1.29 is 4.74 Å². The summed E-state index contributed by atoms with van der Waals surface area (Å²) in [4.78, 5) is 12.6. The predicted octanol–water partition coefficient (Wildman–Crippen LogP) is 2.29. The van der Waals surface area contributed by atoms with Gasteiger partial charge in [0, 0.05) is 11.6 Å². The Morgan fingerprint density at radius 2 is 1.94 bits per heavy atom. The van der Waals surface area contributed by atoms with Crippen molar-refractivity contribution >= 4 is 17.3 Å². The molecule has 0 radical (unpaired) electrons. The zero-order chi connectivity index (χ0) is 12.3. The molecule has 2 rings (SSSR count). The van der Waals surface area contributed by atoms with Gasteiger partial charge in [0.1, 0.15) is 5.01 Å². The normalized spacial score (nSPS) is 11.2. The molecule has 2 aromatic rings. The molecule has 17 heavy (non-hydrogen) atoms. The summed E-state index contributed by atoms with van der Waals surface area (Å²) in [6.45, 7) is 4.08.